The molecule has 1 fully saturated rings. The quantitative estimate of drug-likeness (QED) is 0.930. The van der Waals surface area contributed by atoms with Gasteiger partial charge in [0.15, 0.2) is 5.82 Å². The molecule has 2 aromatic heterocycles. The molecule has 0 radical (unpaired) electrons. The molecule has 0 amide bonds. The molecule has 106 valence electrons. The second kappa shape index (κ2) is 5.72. The van der Waals surface area contributed by atoms with E-state index in [4.69, 9.17) is 4.74 Å². The van der Waals surface area contributed by atoms with Gasteiger partial charge in [-0.1, -0.05) is 0 Å². The highest BCUT2D eigenvalue weighted by molar-refractivity contribution is 7.13. The zero-order valence-electron chi connectivity index (χ0n) is 11.6. The highest BCUT2D eigenvalue weighted by Crippen LogP contribution is 2.28. The van der Waals surface area contributed by atoms with Crippen LogP contribution in [0.2, 0.25) is 0 Å². The Kier molecular flexibility index (Phi) is 3.79. The van der Waals surface area contributed by atoms with Crippen molar-refractivity contribution in [2.24, 2.45) is 0 Å². The number of hydrogen-bond donors (Lipinski definition) is 1. The number of rotatable bonds is 3. The van der Waals surface area contributed by atoms with Crippen molar-refractivity contribution in [1.29, 1.82) is 0 Å². The summed E-state index contributed by atoms with van der Waals surface area (Å²) in [5.74, 6) is 2.05. The lowest BCUT2D eigenvalue weighted by molar-refractivity contribution is 0.122. The molecule has 0 atom stereocenters. The summed E-state index contributed by atoms with van der Waals surface area (Å²) in [5, 5.41) is 5.07. The minimum Gasteiger partial charge on any atom is -0.378 e. The number of morpholine rings is 1. The molecule has 0 aromatic carbocycles. The molecule has 20 heavy (non-hydrogen) atoms. The Balaban J connectivity index is 2.00. The van der Waals surface area contributed by atoms with Gasteiger partial charge in [-0.3, -0.25) is 0 Å². The first-order valence-electron chi connectivity index (χ1n) is 6.59. The third kappa shape index (κ3) is 2.59. The molecule has 1 aliphatic heterocycles. The van der Waals surface area contributed by atoms with Gasteiger partial charge < -0.3 is 15.0 Å². The molecule has 7 heteroatoms. The van der Waals surface area contributed by atoms with Crippen LogP contribution < -0.4 is 10.2 Å². The fourth-order valence-corrected chi connectivity index (χ4v) is 2.94. The van der Waals surface area contributed by atoms with Crippen molar-refractivity contribution in [3.63, 3.8) is 0 Å². The molecular formula is C13H17N5OS. The zero-order valence-corrected chi connectivity index (χ0v) is 12.4. The first-order valence-corrected chi connectivity index (χ1v) is 7.47. The summed E-state index contributed by atoms with van der Waals surface area (Å²) in [5.41, 5.74) is 1.19. The average molecular weight is 291 g/mol. The molecular weight excluding hydrogens is 274 g/mol. The number of aryl methyl sites for hydroxylation is 1. The first kappa shape index (κ1) is 13.3. The normalized spacial score (nSPS) is 15.4. The lowest BCUT2D eigenvalue weighted by Gasteiger charge is -2.27. The van der Waals surface area contributed by atoms with Gasteiger partial charge in [-0.15, -0.1) is 11.3 Å². The summed E-state index contributed by atoms with van der Waals surface area (Å²) in [6, 6.07) is 2.08. The molecule has 3 rings (SSSR count). The minimum atomic E-state index is 0.601. The van der Waals surface area contributed by atoms with E-state index in [1.165, 1.54) is 5.56 Å². The summed E-state index contributed by atoms with van der Waals surface area (Å²) in [6.45, 7) is 5.14. The van der Waals surface area contributed by atoms with E-state index in [2.05, 4.69) is 43.5 Å². The van der Waals surface area contributed by atoms with Crippen molar-refractivity contribution in [1.82, 2.24) is 15.0 Å². The summed E-state index contributed by atoms with van der Waals surface area (Å²) in [7, 11) is 1.82. The predicted molar refractivity (Wildman–Crippen MR) is 80.5 cm³/mol. The van der Waals surface area contributed by atoms with Crippen LogP contribution in [0.1, 0.15) is 5.56 Å². The van der Waals surface area contributed by atoms with Crippen LogP contribution in [0.5, 0.6) is 0 Å². The second-order valence-electron chi connectivity index (χ2n) is 4.56. The Labute approximate surface area is 121 Å². The lowest BCUT2D eigenvalue weighted by Crippen LogP contribution is -2.37. The number of aromatic nitrogens is 3. The van der Waals surface area contributed by atoms with E-state index >= 15 is 0 Å². The maximum Gasteiger partial charge on any atom is 0.230 e. The Morgan fingerprint density at radius 3 is 2.70 bits per heavy atom. The van der Waals surface area contributed by atoms with E-state index in [0.29, 0.717) is 19.2 Å². The molecule has 0 unspecified atom stereocenters. The van der Waals surface area contributed by atoms with Crippen LogP contribution in [0.25, 0.3) is 10.7 Å². The van der Waals surface area contributed by atoms with Crippen molar-refractivity contribution in [2.75, 3.05) is 43.6 Å². The first-order chi connectivity index (χ1) is 9.78. The van der Waals surface area contributed by atoms with Crippen LogP contribution in [0.4, 0.5) is 11.9 Å². The summed E-state index contributed by atoms with van der Waals surface area (Å²) in [6.07, 6.45) is 0. The molecule has 0 saturated carbocycles. The van der Waals surface area contributed by atoms with Crippen LogP contribution in [0.15, 0.2) is 11.4 Å². The van der Waals surface area contributed by atoms with E-state index in [9.17, 15) is 0 Å². The zero-order chi connectivity index (χ0) is 13.9. The molecule has 1 aliphatic rings. The van der Waals surface area contributed by atoms with Crippen molar-refractivity contribution in [2.45, 2.75) is 6.92 Å². The van der Waals surface area contributed by atoms with Gasteiger partial charge in [0.25, 0.3) is 0 Å². The Hall–Kier alpha value is -1.73. The van der Waals surface area contributed by atoms with Gasteiger partial charge in [-0.05, 0) is 23.9 Å². The third-order valence-electron chi connectivity index (χ3n) is 3.21. The predicted octanol–water partition coefficient (Wildman–Crippen LogP) is 1.79. The third-order valence-corrected chi connectivity index (χ3v) is 4.22. The Morgan fingerprint density at radius 2 is 2.05 bits per heavy atom. The van der Waals surface area contributed by atoms with Crippen molar-refractivity contribution in [3.05, 3.63) is 17.0 Å². The van der Waals surface area contributed by atoms with Crippen molar-refractivity contribution < 1.29 is 4.74 Å². The van der Waals surface area contributed by atoms with Gasteiger partial charge in [0, 0.05) is 20.1 Å². The summed E-state index contributed by atoms with van der Waals surface area (Å²) < 4.78 is 5.37. The maximum absolute atomic E-state index is 5.37. The standard InChI is InChI=1S/C13H17N5OS/c1-9-3-8-20-10(9)11-15-12(14-2)17-13(16-11)18-4-6-19-7-5-18/h3,8H,4-7H2,1-2H3,(H,14,15,16,17). The lowest BCUT2D eigenvalue weighted by atomic mass is 10.3. The van der Waals surface area contributed by atoms with Crippen LogP contribution in [-0.4, -0.2) is 48.3 Å². The number of hydrogen-bond acceptors (Lipinski definition) is 7. The van der Waals surface area contributed by atoms with Gasteiger partial charge in [0.2, 0.25) is 11.9 Å². The molecule has 0 bridgehead atoms. The van der Waals surface area contributed by atoms with Gasteiger partial charge in [-0.2, -0.15) is 15.0 Å². The number of nitrogens with one attached hydrogen (secondary N) is 1. The smallest absolute Gasteiger partial charge is 0.230 e. The minimum absolute atomic E-state index is 0.601. The van der Waals surface area contributed by atoms with Crippen LogP contribution in [-0.2, 0) is 4.74 Å². The number of nitrogens with zero attached hydrogens (tertiary/aromatic N) is 4. The highest BCUT2D eigenvalue weighted by Gasteiger charge is 2.17. The van der Waals surface area contributed by atoms with Gasteiger partial charge >= 0.3 is 0 Å². The number of thiophene rings is 1. The Morgan fingerprint density at radius 1 is 1.25 bits per heavy atom. The van der Waals surface area contributed by atoms with E-state index in [1.807, 2.05) is 7.05 Å². The molecule has 2 aromatic rings. The topological polar surface area (TPSA) is 63.2 Å². The van der Waals surface area contributed by atoms with Crippen LogP contribution in [0.3, 0.4) is 0 Å². The van der Waals surface area contributed by atoms with E-state index in [0.717, 1.165) is 29.7 Å². The van der Waals surface area contributed by atoms with Crippen molar-refractivity contribution in [3.8, 4) is 10.7 Å². The van der Waals surface area contributed by atoms with Gasteiger partial charge in [-0.25, -0.2) is 0 Å². The molecule has 1 saturated heterocycles. The molecule has 0 spiro atoms. The summed E-state index contributed by atoms with van der Waals surface area (Å²) >= 11 is 1.65. The van der Waals surface area contributed by atoms with Crippen LogP contribution >= 0.6 is 11.3 Å². The monoisotopic (exact) mass is 291 g/mol. The molecule has 3 heterocycles. The van der Waals surface area contributed by atoms with E-state index < -0.39 is 0 Å². The molecule has 1 N–H and O–H groups in total. The van der Waals surface area contributed by atoms with Crippen LogP contribution in [0, 0.1) is 6.92 Å². The number of anilines is 2. The molecule has 0 aliphatic carbocycles. The largest absolute Gasteiger partial charge is 0.378 e. The average Bonchev–Trinajstić information content (AvgIpc) is 2.94. The highest BCUT2D eigenvalue weighted by atomic mass is 32.1. The summed E-state index contributed by atoms with van der Waals surface area (Å²) in [4.78, 5) is 16.8. The van der Waals surface area contributed by atoms with Gasteiger partial charge in [0.1, 0.15) is 0 Å². The number of ether oxygens (including phenoxy) is 1. The van der Waals surface area contributed by atoms with E-state index in [1.54, 1.807) is 11.3 Å². The van der Waals surface area contributed by atoms with Gasteiger partial charge in [0.05, 0.1) is 18.1 Å². The Bertz CT molecular complexity index is 594. The SMILES string of the molecule is CNc1nc(-c2sccc2C)nc(N2CCOCC2)n1. The fraction of sp³-hybridized carbons (Fsp3) is 0.462. The molecule has 6 nitrogen and oxygen atoms in total. The van der Waals surface area contributed by atoms with Crippen molar-refractivity contribution >= 4 is 23.2 Å². The maximum atomic E-state index is 5.37. The van der Waals surface area contributed by atoms with E-state index in [-0.39, 0.29) is 0 Å². The fourth-order valence-electron chi connectivity index (χ4n) is 2.08. The second-order valence-corrected chi connectivity index (χ2v) is 5.48.